The number of amides is 1. The first kappa shape index (κ1) is 26.0. The maximum Gasteiger partial charge on any atom is 0.283 e. The lowest BCUT2D eigenvalue weighted by Gasteiger charge is -2.20. The number of nitrogens with zero attached hydrogens (tertiary/aromatic N) is 3. The van der Waals surface area contributed by atoms with Gasteiger partial charge in [0.25, 0.3) is 5.91 Å². The number of nitrogens with one attached hydrogen (secondary N) is 1. The van der Waals surface area contributed by atoms with Crippen molar-refractivity contribution in [3.8, 4) is 23.0 Å². The van der Waals surface area contributed by atoms with Gasteiger partial charge in [0.05, 0.1) is 23.4 Å². The summed E-state index contributed by atoms with van der Waals surface area (Å²) in [6, 6.07) is 11.0. The van der Waals surface area contributed by atoms with Crippen molar-refractivity contribution in [2.24, 2.45) is 10.1 Å². The average Bonchev–Trinajstić information content (AvgIpc) is 3.28. The number of rotatable bonds is 10. The van der Waals surface area contributed by atoms with Crippen LogP contribution in [0.25, 0.3) is 6.08 Å². The molecule has 0 aromatic heterocycles. The molecule has 0 aliphatic carbocycles. The van der Waals surface area contributed by atoms with Crippen LogP contribution >= 0.6 is 34.4 Å². The Balaban J connectivity index is 1.48. The Morgan fingerprint density at radius 2 is 1.81 bits per heavy atom. The van der Waals surface area contributed by atoms with E-state index < -0.39 is 5.91 Å². The molecule has 36 heavy (non-hydrogen) atoms. The lowest BCUT2D eigenvalue weighted by Crippen LogP contribution is -2.35. The second-order valence-electron chi connectivity index (χ2n) is 7.65. The van der Waals surface area contributed by atoms with Gasteiger partial charge in [-0.15, -0.1) is 0 Å². The summed E-state index contributed by atoms with van der Waals surface area (Å²) < 4.78 is 23.4. The molecule has 0 fully saturated rings. The van der Waals surface area contributed by atoms with Crippen LogP contribution in [0.15, 0.2) is 52.1 Å². The van der Waals surface area contributed by atoms with Crippen LogP contribution in [-0.4, -0.2) is 54.4 Å². The van der Waals surface area contributed by atoms with Crippen molar-refractivity contribution in [2.45, 2.75) is 19.8 Å². The maximum atomic E-state index is 12.7. The minimum absolute atomic E-state index is 0.00592. The zero-order chi connectivity index (χ0) is 25.7. The van der Waals surface area contributed by atoms with Crippen LogP contribution in [0.4, 0.5) is 0 Å². The molecular weight excluding hydrogens is 595 g/mol. The molecule has 0 unspecified atom stereocenters. The average molecular weight is 620 g/mol. The van der Waals surface area contributed by atoms with Crippen molar-refractivity contribution in [1.82, 2.24) is 5.01 Å². The first-order valence-electron chi connectivity index (χ1n) is 11.2. The minimum atomic E-state index is -0.463. The first-order chi connectivity index (χ1) is 17.4. The Morgan fingerprint density at radius 1 is 1.08 bits per heavy atom. The predicted octanol–water partition coefficient (Wildman–Crippen LogP) is 5.19. The van der Waals surface area contributed by atoms with Crippen molar-refractivity contribution < 1.29 is 23.7 Å². The first-order valence-corrected chi connectivity index (χ1v) is 13.1. The minimum Gasteiger partial charge on any atom is -0.493 e. The van der Waals surface area contributed by atoms with Gasteiger partial charge in [-0.05, 0) is 83.1 Å². The van der Waals surface area contributed by atoms with Crippen molar-refractivity contribution in [2.75, 3.05) is 27.4 Å². The lowest BCUT2D eigenvalue weighted by atomic mass is 10.1. The van der Waals surface area contributed by atoms with E-state index in [0.29, 0.717) is 40.3 Å². The number of hydrogen-bond acceptors (Lipinski definition) is 8. The molecule has 0 saturated carbocycles. The normalized spacial score (nSPS) is 16.0. The summed E-state index contributed by atoms with van der Waals surface area (Å²) in [6.45, 7) is 2.65. The van der Waals surface area contributed by atoms with Crippen LogP contribution in [0, 0.1) is 8.98 Å². The number of methoxy groups -OCH3 is 2. The maximum absolute atomic E-state index is 12.7. The number of carbonyl (C=O) groups is 1. The van der Waals surface area contributed by atoms with Crippen LogP contribution in [0.5, 0.6) is 23.0 Å². The SMILES string of the molecule is CCCC1=NN2C(=N)/C(=C/c3cc(I)c(OCCOc4ccccc4OC)c(OC)c3)C(=O)N=C2S1. The van der Waals surface area contributed by atoms with Gasteiger partial charge in [0, 0.05) is 0 Å². The molecule has 0 radical (unpaired) electrons. The Labute approximate surface area is 227 Å². The quantitative estimate of drug-likeness (QED) is 0.222. The number of hydrazone groups is 1. The van der Waals surface area contributed by atoms with E-state index in [1.807, 2.05) is 30.3 Å². The molecular formula is C25H25IN4O5S. The predicted molar refractivity (Wildman–Crippen MR) is 150 cm³/mol. The molecule has 1 amide bonds. The molecule has 2 heterocycles. The van der Waals surface area contributed by atoms with E-state index >= 15 is 0 Å². The summed E-state index contributed by atoms with van der Waals surface area (Å²) in [6.07, 6.45) is 3.33. The number of para-hydroxylation sites is 2. The standard InChI is InChI=1S/C25H25IN4O5S/c1-4-7-21-29-30-23(27)16(24(31)28-25(30)36-21)12-15-13-17(26)22(20(14-15)33-3)35-11-10-34-19-9-6-5-8-18(19)32-2/h5-6,8-9,12-14,27H,4,7,10-11H2,1-3H3/b16-12-,27-23?. The van der Waals surface area contributed by atoms with Crippen LogP contribution < -0.4 is 18.9 Å². The van der Waals surface area contributed by atoms with E-state index in [4.69, 9.17) is 24.4 Å². The van der Waals surface area contributed by atoms with Gasteiger partial charge in [-0.1, -0.05) is 19.1 Å². The molecule has 9 nitrogen and oxygen atoms in total. The second-order valence-corrected chi connectivity index (χ2v) is 9.85. The van der Waals surface area contributed by atoms with Crippen molar-refractivity contribution in [3.63, 3.8) is 0 Å². The number of halogens is 1. The number of thioether (sulfide) groups is 1. The highest BCUT2D eigenvalue weighted by Crippen LogP contribution is 2.36. The monoisotopic (exact) mass is 620 g/mol. The Kier molecular flexibility index (Phi) is 8.52. The van der Waals surface area contributed by atoms with Crippen molar-refractivity contribution in [1.29, 1.82) is 5.41 Å². The number of amidine groups is 2. The molecule has 11 heteroatoms. The number of benzene rings is 2. The van der Waals surface area contributed by atoms with Gasteiger partial charge >= 0.3 is 0 Å². The summed E-state index contributed by atoms with van der Waals surface area (Å²) in [5.74, 6) is 1.91. The second kappa shape index (κ2) is 11.8. The third-order valence-electron chi connectivity index (χ3n) is 5.18. The molecule has 2 aliphatic rings. The Morgan fingerprint density at radius 3 is 2.53 bits per heavy atom. The molecule has 2 aliphatic heterocycles. The number of ether oxygens (including phenoxy) is 4. The molecule has 2 aromatic carbocycles. The Bertz CT molecular complexity index is 1280. The number of fused-ring (bicyclic) bond motifs is 1. The molecule has 2 aromatic rings. The third kappa shape index (κ3) is 5.67. The van der Waals surface area contributed by atoms with Gasteiger partial charge in [-0.3, -0.25) is 10.2 Å². The summed E-state index contributed by atoms with van der Waals surface area (Å²) >= 11 is 3.49. The highest BCUT2D eigenvalue weighted by Gasteiger charge is 2.35. The lowest BCUT2D eigenvalue weighted by molar-refractivity contribution is -0.114. The number of aliphatic imine (C=N–C) groups is 1. The molecule has 0 atom stereocenters. The van der Waals surface area contributed by atoms with Crippen LogP contribution in [0.1, 0.15) is 25.3 Å². The van der Waals surface area contributed by atoms with E-state index in [0.717, 1.165) is 21.5 Å². The van der Waals surface area contributed by atoms with Gasteiger partial charge in [0.15, 0.2) is 28.8 Å². The largest absolute Gasteiger partial charge is 0.493 e. The van der Waals surface area contributed by atoms with Gasteiger partial charge in [0.2, 0.25) is 5.17 Å². The zero-order valence-electron chi connectivity index (χ0n) is 20.0. The number of carbonyl (C=O) groups excluding carboxylic acids is 1. The molecule has 4 rings (SSSR count). The van der Waals surface area contributed by atoms with Crippen molar-refractivity contribution in [3.05, 3.63) is 51.1 Å². The summed E-state index contributed by atoms with van der Waals surface area (Å²) in [4.78, 5) is 16.8. The molecule has 188 valence electrons. The fourth-order valence-corrected chi connectivity index (χ4v) is 5.28. The zero-order valence-corrected chi connectivity index (χ0v) is 23.0. The van der Waals surface area contributed by atoms with Crippen LogP contribution in [0.3, 0.4) is 0 Å². The van der Waals surface area contributed by atoms with Crippen molar-refractivity contribution >= 4 is 62.4 Å². The Hall–Kier alpha value is -3.06. The van der Waals surface area contributed by atoms with Gasteiger partial charge in [-0.25, -0.2) is 0 Å². The summed E-state index contributed by atoms with van der Waals surface area (Å²) in [5, 5.41) is 15.7. The van der Waals surface area contributed by atoms with Crippen LogP contribution in [0.2, 0.25) is 0 Å². The van der Waals surface area contributed by atoms with E-state index in [-0.39, 0.29) is 18.0 Å². The smallest absolute Gasteiger partial charge is 0.283 e. The van der Waals surface area contributed by atoms with E-state index in [2.05, 4.69) is 39.6 Å². The van der Waals surface area contributed by atoms with E-state index in [9.17, 15) is 4.79 Å². The highest BCUT2D eigenvalue weighted by molar-refractivity contribution is 14.1. The summed E-state index contributed by atoms with van der Waals surface area (Å²) in [7, 11) is 3.15. The third-order valence-corrected chi connectivity index (χ3v) is 6.95. The van der Waals surface area contributed by atoms with Gasteiger partial charge in [0.1, 0.15) is 18.3 Å². The fourth-order valence-electron chi connectivity index (χ4n) is 3.51. The van der Waals surface area contributed by atoms with E-state index in [1.54, 1.807) is 26.4 Å². The van der Waals surface area contributed by atoms with E-state index in [1.165, 1.54) is 16.8 Å². The fraction of sp³-hybridized carbons (Fsp3) is 0.280. The van der Waals surface area contributed by atoms with Gasteiger partial charge < -0.3 is 18.9 Å². The highest BCUT2D eigenvalue weighted by atomic mass is 127. The molecule has 0 bridgehead atoms. The van der Waals surface area contributed by atoms with Gasteiger partial charge in [-0.2, -0.15) is 15.1 Å². The molecule has 1 N–H and O–H groups in total. The topological polar surface area (TPSA) is 106 Å². The van der Waals surface area contributed by atoms with Crippen LogP contribution in [-0.2, 0) is 4.79 Å². The molecule has 0 saturated heterocycles. The molecule has 0 spiro atoms. The number of hydrogen-bond donors (Lipinski definition) is 1. The summed E-state index contributed by atoms with van der Waals surface area (Å²) in [5.41, 5.74) is 0.850.